The fourth-order valence-corrected chi connectivity index (χ4v) is 5.35. The Balaban J connectivity index is 1.72. The van der Waals surface area contributed by atoms with Crippen LogP contribution in [0.2, 0.25) is 0 Å². The topological polar surface area (TPSA) is 76.2 Å². The van der Waals surface area contributed by atoms with Crippen LogP contribution in [0.25, 0.3) is 0 Å². The lowest BCUT2D eigenvalue weighted by atomic mass is 9.73. The first-order valence-corrected chi connectivity index (χ1v) is 10.5. The van der Waals surface area contributed by atoms with E-state index in [4.69, 9.17) is 9.47 Å². The monoisotopic (exact) mass is 360 g/mol. The summed E-state index contributed by atoms with van der Waals surface area (Å²) in [5, 5.41) is 0. The fraction of sp³-hybridized carbons (Fsp3) is 0.938. The van der Waals surface area contributed by atoms with E-state index in [2.05, 4.69) is 0 Å². The Morgan fingerprint density at radius 3 is 2.62 bits per heavy atom. The van der Waals surface area contributed by atoms with Crippen molar-refractivity contribution in [3.63, 3.8) is 0 Å². The summed E-state index contributed by atoms with van der Waals surface area (Å²) in [5.74, 6) is 0.410. The molecule has 3 heterocycles. The summed E-state index contributed by atoms with van der Waals surface area (Å²) < 4.78 is 36.3. The van der Waals surface area contributed by atoms with Gasteiger partial charge in [0.15, 0.2) is 0 Å². The number of sulfonamides is 1. The summed E-state index contributed by atoms with van der Waals surface area (Å²) in [7, 11) is -1.56. The highest BCUT2D eigenvalue weighted by Gasteiger charge is 2.52. The molecule has 0 saturated carbocycles. The summed E-state index contributed by atoms with van der Waals surface area (Å²) in [5.41, 5.74) is -0.162. The number of carbonyl (C=O) groups excluding carboxylic acids is 1. The molecule has 8 heteroatoms. The van der Waals surface area contributed by atoms with Crippen molar-refractivity contribution < 1.29 is 22.7 Å². The van der Waals surface area contributed by atoms with Gasteiger partial charge in [-0.15, -0.1) is 0 Å². The Labute approximate surface area is 144 Å². The third-order valence-corrected chi connectivity index (χ3v) is 7.10. The van der Waals surface area contributed by atoms with Gasteiger partial charge in [-0.25, -0.2) is 12.7 Å². The Kier molecular flexibility index (Phi) is 5.20. The van der Waals surface area contributed by atoms with Crippen LogP contribution in [0.4, 0.5) is 0 Å². The molecule has 0 spiro atoms. The van der Waals surface area contributed by atoms with E-state index in [9.17, 15) is 13.2 Å². The number of piperidine rings is 1. The van der Waals surface area contributed by atoms with Crippen molar-refractivity contribution in [3.8, 4) is 0 Å². The van der Waals surface area contributed by atoms with Gasteiger partial charge in [-0.05, 0) is 25.2 Å². The number of amides is 1. The average molecular weight is 360 g/mol. The lowest BCUT2D eigenvalue weighted by Crippen LogP contribution is -2.52. The summed E-state index contributed by atoms with van der Waals surface area (Å²) in [6.45, 7) is 4.16. The van der Waals surface area contributed by atoms with Crippen LogP contribution < -0.4 is 0 Å². The number of likely N-dealkylation sites (tertiary alicyclic amines) is 1. The van der Waals surface area contributed by atoms with Crippen LogP contribution in [0.5, 0.6) is 0 Å². The van der Waals surface area contributed by atoms with E-state index in [-0.39, 0.29) is 23.2 Å². The number of fused-ring (bicyclic) bond motifs is 1. The Morgan fingerprint density at radius 1 is 1.29 bits per heavy atom. The van der Waals surface area contributed by atoms with E-state index >= 15 is 0 Å². The molecule has 3 fully saturated rings. The molecule has 138 valence electrons. The van der Waals surface area contributed by atoms with Crippen molar-refractivity contribution in [2.75, 3.05) is 59.4 Å². The van der Waals surface area contributed by atoms with E-state index < -0.39 is 10.0 Å². The van der Waals surface area contributed by atoms with Crippen molar-refractivity contribution in [2.45, 2.75) is 19.3 Å². The Morgan fingerprint density at radius 2 is 2.00 bits per heavy atom. The Bertz CT molecular complexity index is 575. The molecule has 3 rings (SSSR count). The third kappa shape index (κ3) is 3.47. The first-order valence-electron chi connectivity index (χ1n) is 8.66. The van der Waals surface area contributed by atoms with Crippen LogP contribution >= 0.6 is 0 Å². The highest BCUT2D eigenvalue weighted by atomic mass is 32.2. The van der Waals surface area contributed by atoms with Crippen molar-refractivity contribution in [3.05, 3.63) is 0 Å². The molecule has 0 aliphatic carbocycles. The molecule has 0 bridgehead atoms. The molecule has 0 N–H and O–H groups in total. The number of carbonyl (C=O) groups is 1. The van der Waals surface area contributed by atoms with Crippen molar-refractivity contribution in [2.24, 2.45) is 17.3 Å². The van der Waals surface area contributed by atoms with Crippen molar-refractivity contribution in [1.82, 2.24) is 9.21 Å². The third-order valence-electron chi connectivity index (χ3n) is 5.88. The van der Waals surface area contributed by atoms with Gasteiger partial charge >= 0.3 is 0 Å². The number of rotatable bonds is 4. The molecule has 24 heavy (non-hydrogen) atoms. The predicted molar refractivity (Wildman–Crippen MR) is 89.0 cm³/mol. The van der Waals surface area contributed by atoms with Gasteiger partial charge in [0.2, 0.25) is 15.9 Å². The fourth-order valence-electron chi connectivity index (χ4n) is 4.41. The van der Waals surface area contributed by atoms with Crippen LogP contribution in [0.3, 0.4) is 0 Å². The van der Waals surface area contributed by atoms with Crippen molar-refractivity contribution in [1.29, 1.82) is 0 Å². The standard InChI is InChI=1S/C16H28N2O5S/c1-22-12-16-5-6-17(15(19)13-3-7-23-8-4-13)9-14(16)10-18(11-16)24(2,20)21/h13-14H,3-12H2,1-2H3. The zero-order valence-corrected chi connectivity index (χ0v) is 15.4. The quantitative estimate of drug-likeness (QED) is 0.714. The lowest BCUT2D eigenvalue weighted by Gasteiger charge is -2.44. The van der Waals surface area contributed by atoms with Crippen molar-refractivity contribution >= 4 is 15.9 Å². The van der Waals surface area contributed by atoms with Gasteiger partial charge in [-0.1, -0.05) is 0 Å². The van der Waals surface area contributed by atoms with Gasteiger partial charge in [0, 0.05) is 57.8 Å². The van der Waals surface area contributed by atoms with E-state index in [1.165, 1.54) is 6.26 Å². The second kappa shape index (κ2) is 6.90. The average Bonchev–Trinajstić information content (AvgIpc) is 2.94. The van der Waals surface area contributed by atoms with Gasteiger partial charge in [0.25, 0.3) is 0 Å². The zero-order valence-electron chi connectivity index (χ0n) is 14.6. The molecule has 0 aromatic heterocycles. The second-order valence-electron chi connectivity index (χ2n) is 7.47. The smallest absolute Gasteiger partial charge is 0.225 e. The maximum atomic E-state index is 12.8. The molecule has 3 saturated heterocycles. The number of ether oxygens (including phenoxy) is 2. The maximum Gasteiger partial charge on any atom is 0.225 e. The first kappa shape index (κ1) is 18.1. The van der Waals surface area contributed by atoms with E-state index in [0.29, 0.717) is 46.0 Å². The Hall–Kier alpha value is -0.700. The molecular formula is C16H28N2O5S. The number of methoxy groups -OCH3 is 1. The van der Waals surface area contributed by atoms with Crippen LogP contribution in [-0.4, -0.2) is 82.9 Å². The van der Waals surface area contributed by atoms with E-state index in [0.717, 1.165) is 19.3 Å². The predicted octanol–water partition coefficient (Wildman–Crippen LogP) is 0.170. The summed E-state index contributed by atoms with van der Waals surface area (Å²) in [6.07, 6.45) is 3.64. The summed E-state index contributed by atoms with van der Waals surface area (Å²) >= 11 is 0. The van der Waals surface area contributed by atoms with Gasteiger partial charge in [-0.2, -0.15) is 0 Å². The molecular weight excluding hydrogens is 332 g/mol. The van der Waals surface area contributed by atoms with Crippen LogP contribution in [0.15, 0.2) is 0 Å². The molecule has 0 aromatic rings. The minimum absolute atomic E-state index is 0.0566. The van der Waals surface area contributed by atoms with Gasteiger partial charge in [0.1, 0.15) is 0 Å². The van der Waals surface area contributed by atoms with Gasteiger partial charge < -0.3 is 14.4 Å². The molecule has 0 aromatic carbocycles. The maximum absolute atomic E-state index is 12.8. The van der Waals surface area contributed by atoms with Gasteiger partial charge in [0.05, 0.1) is 12.9 Å². The zero-order chi connectivity index (χ0) is 17.4. The van der Waals surface area contributed by atoms with Crippen LogP contribution in [0.1, 0.15) is 19.3 Å². The second-order valence-corrected chi connectivity index (χ2v) is 9.45. The highest BCUT2D eigenvalue weighted by Crippen LogP contribution is 2.44. The molecule has 7 nitrogen and oxygen atoms in total. The summed E-state index contributed by atoms with van der Waals surface area (Å²) in [6, 6.07) is 0. The molecule has 0 radical (unpaired) electrons. The first-order chi connectivity index (χ1) is 11.4. The molecule has 2 atom stereocenters. The van der Waals surface area contributed by atoms with Crippen LogP contribution in [0, 0.1) is 17.3 Å². The molecule has 3 aliphatic rings. The number of hydrogen-bond donors (Lipinski definition) is 0. The lowest BCUT2D eigenvalue weighted by molar-refractivity contribution is -0.143. The molecule has 1 amide bonds. The van der Waals surface area contributed by atoms with Gasteiger partial charge in [-0.3, -0.25) is 4.79 Å². The normalized spacial score (nSPS) is 32.8. The largest absolute Gasteiger partial charge is 0.384 e. The number of hydrogen-bond acceptors (Lipinski definition) is 5. The minimum atomic E-state index is -3.22. The minimum Gasteiger partial charge on any atom is -0.384 e. The molecule has 3 aliphatic heterocycles. The SMILES string of the molecule is COCC12CCN(C(=O)C3CCOCC3)CC1CN(S(C)(=O)=O)C2. The van der Waals surface area contributed by atoms with E-state index in [1.807, 2.05) is 4.90 Å². The molecule has 2 unspecified atom stereocenters. The van der Waals surface area contributed by atoms with E-state index in [1.54, 1.807) is 11.4 Å². The highest BCUT2D eigenvalue weighted by molar-refractivity contribution is 7.88. The van der Waals surface area contributed by atoms with Crippen LogP contribution in [-0.2, 0) is 24.3 Å². The summed E-state index contributed by atoms with van der Waals surface area (Å²) in [4.78, 5) is 14.7. The number of nitrogens with zero attached hydrogens (tertiary/aromatic N) is 2.